The Morgan fingerprint density at radius 2 is 2.12 bits per heavy atom. The Balaban J connectivity index is 2.20. The number of halogens is 2. The van der Waals surface area contributed by atoms with Crippen LogP contribution in [0.2, 0.25) is 10.0 Å². The van der Waals surface area contributed by atoms with Gasteiger partial charge in [0.15, 0.2) is 0 Å². The summed E-state index contributed by atoms with van der Waals surface area (Å²) in [7, 11) is 1.74. The number of rotatable bonds is 2. The van der Waals surface area contributed by atoms with Gasteiger partial charge in [0, 0.05) is 24.5 Å². The van der Waals surface area contributed by atoms with Gasteiger partial charge in [-0.2, -0.15) is 0 Å². The Hall–Kier alpha value is -1.52. The van der Waals surface area contributed by atoms with Crippen molar-refractivity contribution in [2.45, 2.75) is 0 Å². The zero-order valence-electron chi connectivity index (χ0n) is 8.95. The predicted octanol–water partition coefficient (Wildman–Crippen LogP) is 2.98. The number of carbonyl (C=O) groups is 1. The van der Waals surface area contributed by atoms with Crippen molar-refractivity contribution in [3.8, 4) is 0 Å². The number of pyridine rings is 1. The molecule has 6 heteroatoms. The molecule has 0 radical (unpaired) electrons. The van der Waals surface area contributed by atoms with Gasteiger partial charge in [0.25, 0.3) is 5.91 Å². The quantitative estimate of drug-likeness (QED) is 0.911. The summed E-state index contributed by atoms with van der Waals surface area (Å²) in [5.41, 5.74) is 0.455. The maximum atomic E-state index is 11.9. The lowest BCUT2D eigenvalue weighted by Gasteiger charge is -2.05. The molecule has 1 amide bonds. The minimum Gasteiger partial charge on any atom is -0.345 e. The first-order valence-corrected chi connectivity index (χ1v) is 5.56. The van der Waals surface area contributed by atoms with Crippen molar-refractivity contribution in [1.29, 1.82) is 0 Å². The fraction of sp³-hybridized carbons (Fsp3) is 0.0909. The highest BCUT2D eigenvalue weighted by molar-refractivity contribution is 6.31. The first-order valence-electron chi connectivity index (χ1n) is 4.81. The summed E-state index contributed by atoms with van der Waals surface area (Å²) >= 11 is 11.6. The molecule has 2 aromatic rings. The Kier molecular flexibility index (Phi) is 3.36. The van der Waals surface area contributed by atoms with E-state index >= 15 is 0 Å². The molecule has 88 valence electrons. The molecule has 2 rings (SSSR count). The number of aromatic nitrogens is 2. The summed E-state index contributed by atoms with van der Waals surface area (Å²) in [6.07, 6.45) is 3.18. The van der Waals surface area contributed by atoms with Crippen LogP contribution in [-0.2, 0) is 7.05 Å². The minimum atomic E-state index is -0.283. The maximum absolute atomic E-state index is 11.9. The van der Waals surface area contributed by atoms with Gasteiger partial charge in [0.1, 0.15) is 11.5 Å². The summed E-state index contributed by atoms with van der Waals surface area (Å²) in [5.74, 6) is 0.119. The molecule has 17 heavy (non-hydrogen) atoms. The van der Waals surface area contributed by atoms with E-state index in [2.05, 4.69) is 10.3 Å². The van der Waals surface area contributed by atoms with Crippen LogP contribution in [0.4, 0.5) is 5.82 Å². The van der Waals surface area contributed by atoms with E-state index in [1.165, 1.54) is 6.20 Å². The van der Waals surface area contributed by atoms with Crippen molar-refractivity contribution < 1.29 is 4.79 Å². The van der Waals surface area contributed by atoms with Crippen LogP contribution in [0.5, 0.6) is 0 Å². The molecular formula is C11H9Cl2N3O. The lowest BCUT2D eigenvalue weighted by Crippen LogP contribution is -2.15. The monoisotopic (exact) mass is 269 g/mol. The number of anilines is 1. The molecule has 0 unspecified atom stereocenters. The molecule has 0 atom stereocenters. The third kappa shape index (κ3) is 2.78. The topological polar surface area (TPSA) is 46.9 Å². The van der Waals surface area contributed by atoms with Crippen LogP contribution >= 0.6 is 23.2 Å². The summed E-state index contributed by atoms with van der Waals surface area (Å²) in [6.45, 7) is 0. The van der Waals surface area contributed by atoms with E-state index in [4.69, 9.17) is 23.2 Å². The largest absolute Gasteiger partial charge is 0.345 e. The van der Waals surface area contributed by atoms with Crippen LogP contribution in [0, 0.1) is 0 Å². The van der Waals surface area contributed by atoms with Crippen LogP contribution in [0.15, 0.2) is 30.6 Å². The van der Waals surface area contributed by atoms with Crippen molar-refractivity contribution in [2.75, 3.05) is 5.32 Å². The van der Waals surface area contributed by atoms with Crippen molar-refractivity contribution >= 4 is 34.9 Å². The summed E-state index contributed by atoms with van der Waals surface area (Å²) < 4.78 is 1.64. The van der Waals surface area contributed by atoms with E-state index in [1.54, 1.807) is 36.0 Å². The molecule has 0 aliphatic rings. The van der Waals surface area contributed by atoms with Crippen molar-refractivity contribution in [3.63, 3.8) is 0 Å². The molecule has 2 heterocycles. The standard InChI is InChI=1S/C11H9Cl2N3O/c1-16-6-8(13)4-9(16)11(17)15-10-5-7(12)2-3-14-10/h2-6H,1H3,(H,14,15,17). The van der Waals surface area contributed by atoms with Crippen LogP contribution in [0.1, 0.15) is 10.5 Å². The number of nitrogens with zero attached hydrogens (tertiary/aromatic N) is 2. The predicted molar refractivity (Wildman–Crippen MR) is 67.6 cm³/mol. The van der Waals surface area contributed by atoms with Gasteiger partial charge in [-0.3, -0.25) is 4.79 Å². The van der Waals surface area contributed by atoms with E-state index in [0.29, 0.717) is 21.6 Å². The first kappa shape index (κ1) is 12.0. The Bertz CT molecular complexity index is 566. The molecule has 0 saturated heterocycles. The van der Waals surface area contributed by atoms with Gasteiger partial charge in [-0.1, -0.05) is 23.2 Å². The molecule has 0 bridgehead atoms. The third-order valence-electron chi connectivity index (χ3n) is 2.17. The van der Waals surface area contributed by atoms with Crippen molar-refractivity contribution in [1.82, 2.24) is 9.55 Å². The highest BCUT2D eigenvalue weighted by atomic mass is 35.5. The lowest BCUT2D eigenvalue weighted by molar-refractivity contribution is 0.101. The third-order valence-corrected chi connectivity index (χ3v) is 2.61. The number of hydrogen-bond acceptors (Lipinski definition) is 2. The second-order valence-corrected chi connectivity index (χ2v) is 4.34. The van der Waals surface area contributed by atoms with E-state index < -0.39 is 0 Å². The normalized spacial score (nSPS) is 10.3. The van der Waals surface area contributed by atoms with Crippen LogP contribution in [-0.4, -0.2) is 15.5 Å². The van der Waals surface area contributed by atoms with Gasteiger partial charge in [-0.05, 0) is 18.2 Å². The van der Waals surface area contributed by atoms with E-state index in [9.17, 15) is 4.79 Å². The summed E-state index contributed by atoms with van der Waals surface area (Å²) in [5, 5.41) is 3.66. The highest BCUT2D eigenvalue weighted by Gasteiger charge is 2.11. The van der Waals surface area contributed by atoms with Gasteiger partial charge < -0.3 is 9.88 Å². The molecule has 0 aromatic carbocycles. The zero-order chi connectivity index (χ0) is 12.4. The fourth-order valence-corrected chi connectivity index (χ4v) is 1.81. The van der Waals surface area contributed by atoms with Gasteiger partial charge in [0.2, 0.25) is 0 Å². The smallest absolute Gasteiger partial charge is 0.273 e. The minimum absolute atomic E-state index is 0.283. The average Bonchev–Trinajstić information content (AvgIpc) is 2.58. The van der Waals surface area contributed by atoms with Crippen molar-refractivity contribution in [3.05, 3.63) is 46.3 Å². The number of hydrogen-bond donors (Lipinski definition) is 1. The van der Waals surface area contributed by atoms with E-state index in [-0.39, 0.29) is 5.91 Å². The number of carbonyl (C=O) groups excluding carboxylic acids is 1. The molecule has 0 aliphatic heterocycles. The van der Waals surface area contributed by atoms with E-state index in [1.807, 2.05) is 0 Å². The molecule has 1 N–H and O–H groups in total. The maximum Gasteiger partial charge on any atom is 0.273 e. The Morgan fingerprint density at radius 3 is 2.71 bits per heavy atom. The Labute approximate surface area is 108 Å². The average molecular weight is 270 g/mol. The molecule has 4 nitrogen and oxygen atoms in total. The van der Waals surface area contributed by atoms with Gasteiger partial charge in [0.05, 0.1) is 5.02 Å². The summed E-state index contributed by atoms with van der Waals surface area (Å²) in [4.78, 5) is 15.9. The molecule has 0 fully saturated rings. The number of nitrogens with one attached hydrogen (secondary N) is 1. The first-order chi connectivity index (χ1) is 8.06. The number of amides is 1. The van der Waals surface area contributed by atoms with Crippen LogP contribution in [0.25, 0.3) is 0 Å². The Morgan fingerprint density at radius 1 is 1.35 bits per heavy atom. The SMILES string of the molecule is Cn1cc(Cl)cc1C(=O)Nc1cc(Cl)ccn1. The van der Waals surface area contributed by atoms with Gasteiger partial charge in [-0.15, -0.1) is 0 Å². The van der Waals surface area contributed by atoms with Crippen LogP contribution in [0.3, 0.4) is 0 Å². The van der Waals surface area contributed by atoms with Crippen LogP contribution < -0.4 is 5.32 Å². The molecule has 0 spiro atoms. The molecule has 2 aromatic heterocycles. The van der Waals surface area contributed by atoms with Gasteiger partial charge >= 0.3 is 0 Å². The van der Waals surface area contributed by atoms with Gasteiger partial charge in [-0.25, -0.2) is 4.98 Å². The molecule has 0 aliphatic carbocycles. The van der Waals surface area contributed by atoms with Crippen molar-refractivity contribution in [2.24, 2.45) is 7.05 Å². The molecule has 0 saturated carbocycles. The second kappa shape index (κ2) is 4.77. The zero-order valence-corrected chi connectivity index (χ0v) is 10.5. The highest BCUT2D eigenvalue weighted by Crippen LogP contribution is 2.16. The fourth-order valence-electron chi connectivity index (χ4n) is 1.40. The number of aryl methyl sites for hydroxylation is 1. The molecular weight excluding hydrogens is 261 g/mol. The van der Waals surface area contributed by atoms with E-state index in [0.717, 1.165) is 0 Å². The second-order valence-electron chi connectivity index (χ2n) is 3.47. The lowest BCUT2D eigenvalue weighted by atomic mass is 10.4. The summed E-state index contributed by atoms with van der Waals surface area (Å²) in [6, 6.07) is 4.79.